The van der Waals surface area contributed by atoms with Gasteiger partial charge in [0.15, 0.2) is 0 Å². The Kier molecular flexibility index (Phi) is 4.78. The highest BCUT2D eigenvalue weighted by atomic mass is 16.5. The minimum atomic E-state index is 0.0134. The Morgan fingerprint density at radius 2 is 2.00 bits per heavy atom. The molecule has 1 aliphatic heterocycles. The predicted molar refractivity (Wildman–Crippen MR) is 102 cm³/mol. The average Bonchev–Trinajstić information content (AvgIpc) is 3.38. The molecule has 5 heteroatoms. The molecule has 2 fully saturated rings. The molecule has 0 radical (unpaired) electrons. The summed E-state index contributed by atoms with van der Waals surface area (Å²) in [4.78, 5) is 21.9. The summed E-state index contributed by atoms with van der Waals surface area (Å²) in [7, 11) is 1.67. The van der Waals surface area contributed by atoms with Gasteiger partial charge in [-0.05, 0) is 43.9 Å². The number of benzene rings is 1. The van der Waals surface area contributed by atoms with E-state index in [1.807, 2.05) is 41.3 Å². The third kappa shape index (κ3) is 3.52. The van der Waals surface area contributed by atoms with Crippen molar-refractivity contribution in [2.75, 3.05) is 25.1 Å². The number of hydrogen-bond acceptors (Lipinski definition) is 4. The Bertz CT molecular complexity index is 782. The van der Waals surface area contributed by atoms with Crippen molar-refractivity contribution in [1.29, 1.82) is 0 Å². The Morgan fingerprint density at radius 3 is 2.73 bits per heavy atom. The zero-order chi connectivity index (χ0) is 17.9. The first-order valence-corrected chi connectivity index (χ1v) is 9.40. The lowest BCUT2D eigenvalue weighted by molar-refractivity contribution is 0.0723. The number of methoxy groups -OCH3 is 1. The van der Waals surface area contributed by atoms with E-state index in [1.54, 1.807) is 13.3 Å². The number of amides is 1. The van der Waals surface area contributed by atoms with E-state index < -0.39 is 0 Å². The normalized spacial score (nSPS) is 16.6. The molecule has 1 saturated carbocycles. The molecule has 2 aromatic rings. The van der Waals surface area contributed by atoms with E-state index in [9.17, 15) is 4.79 Å². The molecular formula is C21H25N3O2. The second-order valence-electron chi connectivity index (χ2n) is 7.07. The van der Waals surface area contributed by atoms with Gasteiger partial charge in [-0.1, -0.05) is 18.2 Å². The number of rotatable bonds is 6. The number of carbonyl (C=O) groups excluding carboxylic acids is 1. The van der Waals surface area contributed by atoms with Crippen LogP contribution in [0.15, 0.2) is 42.6 Å². The van der Waals surface area contributed by atoms with Gasteiger partial charge in [0.2, 0.25) is 0 Å². The molecular weight excluding hydrogens is 326 g/mol. The third-order valence-corrected chi connectivity index (χ3v) is 5.22. The van der Waals surface area contributed by atoms with Crippen molar-refractivity contribution in [3.8, 4) is 5.75 Å². The number of hydrogen-bond donors (Lipinski definition) is 0. The number of nitrogens with zero attached hydrogens (tertiary/aromatic N) is 3. The van der Waals surface area contributed by atoms with Gasteiger partial charge in [-0.15, -0.1) is 0 Å². The number of para-hydroxylation sites is 1. The third-order valence-electron chi connectivity index (χ3n) is 5.22. The average molecular weight is 351 g/mol. The summed E-state index contributed by atoms with van der Waals surface area (Å²) in [6.07, 6.45) is 6.32. The maximum Gasteiger partial charge on any atom is 0.273 e. The van der Waals surface area contributed by atoms with Gasteiger partial charge in [0.05, 0.1) is 7.11 Å². The molecule has 0 bridgehead atoms. The van der Waals surface area contributed by atoms with E-state index in [4.69, 9.17) is 4.74 Å². The van der Waals surface area contributed by atoms with Crippen molar-refractivity contribution in [1.82, 2.24) is 9.88 Å². The molecule has 0 atom stereocenters. The molecule has 1 aliphatic carbocycles. The largest absolute Gasteiger partial charge is 0.496 e. The summed E-state index contributed by atoms with van der Waals surface area (Å²) >= 11 is 0. The Morgan fingerprint density at radius 1 is 1.23 bits per heavy atom. The Balaban J connectivity index is 1.57. The first-order valence-electron chi connectivity index (χ1n) is 9.40. The molecule has 0 spiro atoms. The monoisotopic (exact) mass is 351 g/mol. The van der Waals surface area contributed by atoms with Crippen LogP contribution in [0, 0.1) is 0 Å². The lowest BCUT2D eigenvalue weighted by atomic mass is 10.1. The van der Waals surface area contributed by atoms with Gasteiger partial charge in [0.1, 0.15) is 11.4 Å². The molecule has 1 aromatic heterocycles. The summed E-state index contributed by atoms with van der Waals surface area (Å²) in [5.74, 6) is 0.837. The Labute approximate surface area is 154 Å². The molecule has 1 aromatic carbocycles. The SMILES string of the molecule is COc1ccccc1CN(C(=O)c1cc(N2CCCC2)ccn1)C1CC1. The molecule has 5 nitrogen and oxygen atoms in total. The zero-order valence-corrected chi connectivity index (χ0v) is 15.2. The van der Waals surface area contributed by atoms with Crippen LogP contribution in [0.2, 0.25) is 0 Å². The molecule has 26 heavy (non-hydrogen) atoms. The van der Waals surface area contributed by atoms with E-state index in [1.165, 1.54) is 12.8 Å². The molecule has 0 N–H and O–H groups in total. The zero-order valence-electron chi connectivity index (χ0n) is 15.2. The van der Waals surface area contributed by atoms with Crippen LogP contribution in [0.1, 0.15) is 41.7 Å². The summed E-state index contributed by atoms with van der Waals surface area (Å²) in [5, 5.41) is 0. The fraction of sp³-hybridized carbons (Fsp3) is 0.429. The number of anilines is 1. The first-order chi connectivity index (χ1) is 12.8. The fourth-order valence-corrected chi connectivity index (χ4v) is 3.63. The minimum absolute atomic E-state index is 0.0134. The van der Waals surface area contributed by atoms with E-state index in [-0.39, 0.29) is 5.91 Å². The van der Waals surface area contributed by atoms with Crippen molar-refractivity contribution in [2.24, 2.45) is 0 Å². The number of aromatic nitrogens is 1. The van der Waals surface area contributed by atoms with Gasteiger partial charge in [0.25, 0.3) is 5.91 Å². The number of ether oxygens (including phenoxy) is 1. The van der Waals surface area contributed by atoms with Gasteiger partial charge >= 0.3 is 0 Å². The van der Waals surface area contributed by atoms with Crippen LogP contribution >= 0.6 is 0 Å². The van der Waals surface area contributed by atoms with Gasteiger partial charge < -0.3 is 14.5 Å². The van der Waals surface area contributed by atoms with Gasteiger partial charge in [-0.3, -0.25) is 9.78 Å². The van der Waals surface area contributed by atoms with Gasteiger partial charge in [0, 0.05) is 43.1 Å². The summed E-state index contributed by atoms with van der Waals surface area (Å²) < 4.78 is 5.46. The summed E-state index contributed by atoms with van der Waals surface area (Å²) in [6.45, 7) is 2.68. The smallest absolute Gasteiger partial charge is 0.273 e. The van der Waals surface area contributed by atoms with Crippen LogP contribution in [-0.2, 0) is 6.54 Å². The molecule has 2 aliphatic rings. The highest BCUT2D eigenvalue weighted by Gasteiger charge is 2.34. The highest BCUT2D eigenvalue weighted by Crippen LogP contribution is 2.32. The van der Waals surface area contributed by atoms with E-state index in [0.717, 1.165) is 42.9 Å². The second kappa shape index (κ2) is 7.36. The molecule has 2 heterocycles. The standard InChI is InChI=1S/C21H25N3O2/c1-26-20-7-3-2-6-16(20)15-24(17-8-9-17)21(25)19-14-18(10-11-22-19)23-12-4-5-13-23/h2-3,6-7,10-11,14,17H,4-5,8-9,12-13,15H2,1H3. The van der Waals surface area contributed by atoms with E-state index >= 15 is 0 Å². The minimum Gasteiger partial charge on any atom is -0.496 e. The van der Waals surface area contributed by atoms with Crippen LogP contribution in [0.3, 0.4) is 0 Å². The Hall–Kier alpha value is -2.56. The second-order valence-corrected chi connectivity index (χ2v) is 7.07. The van der Waals surface area contributed by atoms with Crippen molar-refractivity contribution in [3.63, 3.8) is 0 Å². The van der Waals surface area contributed by atoms with Crippen molar-refractivity contribution in [2.45, 2.75) is 38.3 Å². The predicted octanol–water partition coefficient (Wildman–Crippen LogP) is 3.50. The lowest BCUT2D eigenvalue weighted by Crippen LogP contribution is -2.33. The fourth-order valence-electron chi connectivity index (χ4n) is 3.63. The van der Waals surface area contributed by atoms with Crippen LogP contribution in [-0.4, -0.2) is 42.0 Å². The first kappa shape index (κ1) is 16.9. The number of pyridine rings is 1. The topological polar surface area (TPSA) is 45.7 Å². The van der Waals surface area contributed by atoms with E-state index in [0.29, 0.717) is 18.3 Å². The molecule has 1 amide bonds. The quantitative estimate of drug-likeness (QED) is 0.799. The maximum atomic E-state index is 13.2. The molecule has 136 valence electrons. The van der Waals surface area contributed by atoms with Crippen LogP contribution in [0.5, 0.6) is 5.75 Å². The van der Waals surface area contributed by atoms with Gasteiger partial charge in [-0.2, -0.15) is 0 Å². The van der Waals surface area contributed by atoms with E-state index in [2.05, 4.69) is 9.88 Å². The summed E-state index contributed by atoms with van der Waals surface area (Å²) in [5.41, 5.74) is 2.68. The lowest BCUT2D eigenvalue weighted by Gasteiger charge is -2.24. The molecule has 1 saturated heterocycles. The van der Waals surface area contributed by atoms with Gasteiger partial charge in [-0.25, -0.2) is 0 Å². The molecule has 0 unspecified atom stereocenters. The van der Waals surface area contributed by atoms with Crippen LogP contribution in [0.25, 0.3) is 0 Å². The highest BCUT2D eigenvalue weighted by molar-refractivity contribution is 5.93. The number of carbonyl (C=O) groups is 1. The van der Waals surface area contributed by atoms with Crippen molar-refractivity contribution >= 4 is 11.6 Å². The molecule has 4 rings (SSSR count). The van der Waals surface area contributed by atoms with Crippen LogP contribution in [0.4, 0.5) is 5.69 Å². The van der Waals surface area contributed by atoms with Crippen molar-refractivity contribution in [3.05, 3.63) is 53.9 Å². The maximum absolute atomic E-state index is 13.2. The van der Waals surface area contributed by atoms with Crippen LogP contribution < -0.4 is 9.64 Å². The summed E-state index contributed by atoms with van der Waals surface area (Å²) in [6, 6.07) is 12.2. The van der Waals surface area contributed by atoms with Crippen molar-refractivity contribution < 1.29 is 9.53 Å².